The number of nitrogens with one attached hydrogen (secondary N) is 1. The van der Waals surface area contributed by atoms with Crippen LogP contribution in [0.4, 0.5) is 4.39 Å². The van der Waals surface area contributed by atoms with Gasteiger partial charge in [0.15, 0.2) is 0 Å². The molecule has 0 aliphatic carbocycles. The van der Waals surface area contributed by atoms with Gasteiger partial charge in [-0.05, 0) is 48.5 Å². The van der Waals surface area contributed by atoms with Crippen LogP contribution in [-0.4, -0.2) is 31.6 Å². The first-order chi connectivity index (χ1) is 9.53. The molecule has 1 fully saturated rings. The van der Waals surface area contributed by atoms with Gasteiger partial charge in [-0.3, -0.25) is 0 Å². The second-order valence-corrected chi connectivity index (χ2v) is 7.81. The van der Waals surface area contributed by atoms with Crippen LogP contribution < -0.4 is 4.72 Å². The largest absolute Gasteiger partial charge is 0.392 e. The van der Waals surface area contributed by atoms with Gasteiger partial charge in [0.1, 0.15) is 5.82 Å². The van der Waals surface area contributed by atoms with Crippen LogP contribution in [-0.2, 0) is 16.6 Å². The molecule has 0 spiro atoms. The summed E-state index contributed by atoms with van der Waals surface area (Å²) in [6.07, 6.45) is 2.02. The molecule has 1 aliphatic rings. The second-order valence-electron chi connectivity index (χ2n) is 4.82. The first-order valence-electron chi connectivity index (χ1n) is 6.49. The zero-order valence-electron chi connectivity index (χ0n) is 11.0. The molecule has 1 heterocycles. The normalized spacial score (nSPS) is 17.3. The topological polar surface area (TPSA) is 66.4 Å². The van der Waals surface area contributed by atoms with Crippen LogP contribution in [0, 0.1) is 11.7 Å². The first-order valence-corrected chi connectivity index (χ1v) is 9.13. The number of benzene rings is 1. The van der Waals surface area contributed by atoms with Gasteiger partial charge in [0.2, 0.25) is 10.0 Å². The second kappa shape index (κ2) is 6.89. The minimum atomic E-state index is -3.64. The van der Waals surface area contributed by atoms with Crippen molar-refractivity contribution in [3.63, 3.8) is 0 Å². The monoisotopic (exact) mass is 319 g/mol. The first kappa shape index (κ1) is 15.8. The van der Waals surface area contributed by atoms with Crippen molar-refractivity contribution in [1.29, 1.82) is 0 Å². The zero-order valence-corrected chi connectivity index (χ0v) is 12.6. The number of thioether (sulfide) groups is 1. The molecule has 2 rings (SSSR count). The van der Waals surface area contributed by atoms with E-state index in [1.807, 2.05) is 11.8 Å². The highest BCUT2D eigenvalue weighted by Gasteiger charge is 2.19. The summed E-state index contributed by atoms with van der Waals surface area (Å²) in [5, 5.41) is 8.98. The van der Waals surface area contributed by atoms with Crippen LogP contribution in [0.25, 0.3) is 0 Å². The van der Waals surface area contributed by atoms with Gasteiger partial charge in [-0.25, -0.2) is 17.5 Å². The molecule has 2 N–H and O–H groups in total. The Morgan fingerprint density at radius 2 is 2.05 bits per heavy atom. The summed E-state index contributed by atoms with van der Waals surface area (Å²) >= 11 is 1.89. The Hall–Kier alpha value is -0.630. The molecule has 1 saturated heterocycles. The van der Waals surface area contributed by atoms with Crippen molar-refractivity contribution >= 4 is 21.8 Å². The average molecular weight is 319 g/mol. The Balaban J connectivity index is 2.05. The fourth-order valence-corrected chi connectivity index (χ4v) is 4.47. The molecule has 112 valence electrons. The lowest BCUT2D eigenvalue weighted by Gasteiger charge is -2.21. The molecule has 20 heavy (non-hydrogen) atoms. The van der Waals surface area contributed by atoms with Crippen molar-refractivity contribution in [3.8, 4) is 0 Å². The number of rotatable bonds is 5. The molecule has 0 radical (unpaired) electrons. The fourth-order valence-electron chi connectivity index (χ4n) is 2.10. The summed E-state index contributed by atoms with van der Waals surface area (Å²) in [5.41, 5.74) is -0.0121. The molecule has 0 aromatic heterocycles. The zero-order chi connectivity index (χ0) is 14.6. The van der Waals surface area contributed by atoms with Gasteiger partial charge in [0.05, 0.1) is 11.5 Å². The van der Waals surface area contributed by atoms with E-state index in [0.29, 0.717) is 12.5 Å². The van der Waals surface area contributed by atoms with E-state index in [1.165, 1.54) is 12.1 Å². The van der Waals surface area contributed by atoms with Gasteiger partial charge in [-0.2, -0.15) is 11.8 Å². The van der Waals surface area contributed by atoms with Crippen molar-refractivity contribution in [2.24, 2.45) is 5.92 Å². The number of hydrogen-bond acceptors (Lipinski definition) is 4. The Bertz CT molecular complexity index is 557. The van der Waals surface area contributed by atoms with Crippen molar-refractivity contribution in [3.05, 3.63) is 29.6 Å². The van der Waals surface area contributed by atoms with Crippen molar-refractivity contribution in [2.75, 3.05) is 18.1 Å². The molecule has 0 amide bonds. The number of aliphatic hydroxyl groups excluding tert-OH is 1. The van der Waals surface area contributed by atoms with Gasteiger partial charge in [-0.15, -0.1) is 0 Å². The molecule has 1 aromatic rings. The quantitative estimate of drug-likeness (QED) is 0.867. The van der Waals surface area contributed by atoms with E-state index in [9.17, 15) is 12.8 Å². The maximum absolute atomic E-state index is 13.3. The molecular formula is C13H18FNO3S2. The molecule has 0 bridgehead atoms. The van der Waals surface area contributed by atoms with Crippen LogP contribution in [0.3, 0.4) is 0 Å². The molecule has 1 aliphatic heterocycles. The standard InChI is InChI=1S/C13H18FNO3S2/c14-13-2-1-12(7-11(13)9-16)20(17,18)15-8-10-3-5-19-6-4-10/h1-2,7,10,15-16H,3-6,8-9H2. The molecule has 0 unspecified atom stereocenters. The Kier molecular flexibility index (Phi) is 5.42. The Morgan fingerprint density at radius 3 is 2.70 bits per heavy atom. The summed E-state index contributed by atoms with van der Waals surface area (Å²) in [7, 11) is -3.64. The molecule has 7 heteroatoms. The highest BCUT2D eigenvalue weighted by molar-refractivity contribution is 7.99. The van der Waals surface area contributed by atoms with E-state index >= 15 is 0 Å². The number of hydrogen-bond donors (Lipinski definition) is 2. The smallest absolute Gasteiger partial charge is 0.240 e. The van der Waals surface area contributed by atoms with Crippen molar-refractivity contribution in [1.82, 2.24) is 4.72 Å². The van der Waals surface area contributed by atoms with E-state index in [-0.39, 0.29) is 10.5 Å². The van der Waals surface area contributed by atoms with E-state index in [2.05, 4.69) is 4.72 Å². The van der Waals surface area contributed by atoms with Gasteiger partial charge in [0, 0.05) is 12.1 Å². The minimum absolute atomic E-state index is 0.00636. The predicted octanol–water partition coefficient (Wildman–Crippen LogP) is 1.74. The average Bonchev–Trinajstić information content (AvgIpc) is 2.46. The Morgan fingerprint density at radius 1 is 1.35 bits per heavy atom. The molecule has 0 atom stereocenters. The lowest BCUT2D eigenvalue weighted by molar-refractivity contribution is 0.275. The minimum Gasteiger partial charge on any atom is -0.392 e. The molecular weight excluding hydrogens is 301 g/mol. The number of sulfonamides is 1. The van der Waals surface area contributed by atoms with Crippen molar-refractivity contribution < 1.29 is 17.9 Å². The van der Waals surface area contributed by atoms with Gasteiger partial charge in [-0.1, -0.05) is 0 Å². The highest BCUT2D eigenvalue weighted by Crippen LogP contribution is 2.22. The summed E-state index contributed by atoms with van der Waals surface area (Å²) < 4.78 is 40.1. The summed E-state index contributed by atoms with van der Waals surface area (Å²) in [6.45, 7) is -0.107. The lowest BCUT2D eigenvalue weighted by atomic mass is 10.0. The fraction of sp³-hybridized carbons (Fsp3) is 0.538. The van der Waals surface area contributed by atoms with Crippen molar-refractivity contribution in [2.45, 2.75) is 24.3 Å². The van der Waals surface area contributed by atoms with E-state index in [0.717, 1.165) is 30.4 Å². The van der Waals surface area contributed by atoms with Gasteiger partial charge in [0.25, 0.3) is 0 Å². The third kappa shape index (κ3) is 3.94. The van der Waals surface area contributed by atoms with Gasteiger partial charge >= 0.3 is 0 Å². The van der Waals surface area contributed by atoms with Crippen LogP contribution in [0.15, 0.2) is 23.1 Å². The van der Waals surface area contributed by atoms with Crippen LogP contribution >= 0.6 is 11.8 Å². The number of halogens is 1. The summed E-state index contributed by atoms with van der Waals surface area (Å²) in [6, 6.07) is 3.46. The highest BCUT2D eigenvalue weighted by atomic mass is 32.2. The third-order valence-corrected chi connectivity index (χ3v) is 5.87. The Labute approximate surface area is 122 Å². The number of aliphatic hydroxyl groups is 1. The predicted molar refractivity (Wildman–Crippen MR) is 77.6 cm³/mol. The van der Waals surface area contributed by atoms with Gasteiger partial charge < -0.3 is 5.11 Å². The third-order valence-electron chi connectivity index (χ3n) is 3.40. The van der Waals surface area contributed by atoms with Crippen LogP contribution in [0.1, 0.15) is 18.4 Å². The summed E-state index contributed by atoms with van der Waals surface area (Å²) in [5.74, 6) is 1.90. The SMILES string of the molecule is O=S(=O)(NCC1CCSCC1)c1ccc(F)c(CO)c1. The lowest BCUT2D eigenvalue weighted by Crippen LogP contribution is -2.31. The maximum atomic E-state index is 13.3. The van der Waals surface area contributed by atoms with E-state index in [1.54, 1.807) is 0 Å². The maximum Gasteiger partial charge on any atom is 0.240 e. The van der Waals surface area contributed by atoms with E-state index < -0.39 is 22.4 Å². The van der Waals surface area contributed by atoms with Crippen LogP contribution in [0.5, 0.6) is 0 Å². The molecule has 4 nitrogen and oxygen atoms in total. The molecule has 0 saturated carbocycles. The van der Waals surface area contributed by atoms with E-state index in [4.69, 9.17) is 5.11 Å². The van der Waals surface area contributed by atoms with Crippen LogP contribution in [0.2, 0.25) is 0 Å². The summed E-state index contributed by atoms with van der Waals surface area (Å²) in [4.78, 5) is -0.00636. The molecule has 1 aromatic carbocycles.